The third kappa shape index (κ3) is 3.55. The molecule has 0 unspecified atom stereocenters. The number of anilines is 1. The van der Waals surface area contributed by atoms with E-state index in [0.717, 1.165) is 6.07 Å². The van der Waals surface area contributed by atoms with Crippen LogP contribution in [-0.2, 0) is 0 Å². The second-order valence-electron chi connectivity index (χ2n) is 4.22. The molecule has 114 valence electrons. The predicted molar refractivity (Wildman–Crippen MR) is 84.2 cm³/mol. The molecule has 5 nitrogen and oxygen atoms in total. The molecule has 0 fully saturated rings. The van der Waals surface area contributed by atoms with Gasteiger partial charge in [0.1, 0.15) is 11.4 Å². The first-order chi connectivity index (χ1) is 10.4. The van der Waals surface area contributed by atoms with Crippen molar-refractivity contribution in [2.24, 2.45) is 0 Å². The van der Waals surface area contributed by atoms with Gasteiger partial charge in [-0.1, -0.05) is 11.6 Å². The summed E-state index contributed by atoms with van der Waals surface area (Å²) in [7, 11) is 0. The number of hydrogen-bond donors (Lipinski definition) is 1. The first kappa shape index (κ1) is 16.3. The summed E-state index contributed by atoms with van der Waals surface area (Å²) in [5.74, 6) is -1.48. The number of rotatable bonds is 4. The van der Waals surface area contributed by atoms with E-state index in [2.05, 4.69) is 5.32 Å². The van der Waals surface area contributed by atoms with Crippen LogP contribution in [0.3, 0.4) is 0 Å². The highest BCUT2D eigenvalue weighted by Gasteiger charge is 2.21. The van der Waals surface area contributed by atoms with E-state index < -0.39 is 16.6 Å². The monoisotopic (exact) mass is 340 g/mol. The fourth-order valence-electron chi connectivity index (χ4n) is 1.76. The fraction of sp³-hybridized carbons (Fsp3) is 0.0714. The molecule has 0 aromatic heterocycles. The molecule has 0 saturated heterocycles. The van der Waals surface area contributed by atoms with Crippen LogP contribution in [0.25, 0.3) is 0 Å². The van der Waals surface area contributed by atoms with Gasteiger partial charge in [0, 0.05) is 16.0 Å². The van der Waals surface area contributed by atoms with Gasteiger partial charge in [-0.25, -0.2) is 4.39 Å². The highest BCUT2D eigenvalue weighted by atomic mass is 35.5. The molecular weight excluding hydrogens is 331 g/mol. The van der Waals surface area contributed by atoms with Crippen molar-refractivity contribution in [3.8, 4) is 0 Å². The summed E-state index contributed by atoms with van der Waals surface area (Å²) in [6.07, 6.45) is 1.78. The van der Waals surface area contributed by atoms with E-state index in [0.29, 0.717) is 4.90 Å². The minimum absolute atomic E-state index is 0.0988. The zero-order chi connectivity index (χ0) is 16.3. The fourth-order valence-corrected chi connectivity index (χ4v) is 2.36. The van der Waals surface area contributed by atoms with Gasteiger partial charge in [0.05, 0.1) is 10.6 Å². The van der Waals surface area contributed by atoms with Crippen LogP contribution in [0.1, 0.15) is 10.4 Å². The van der Waals surface area contributed by atoms with Gasteiger partial charge in [-0.2, -0.15) is 0 Å². The molecule has 8 heteroatoms. The predicted octanol–water partition coefficient (Wildman–Crippen LogP) is 4.36. The van der Waals surface area contributed by atoms with E-state index >= 15 is 0 Å². The number of carbonyl (C=O) groups excluding carboxylic acids is 1. The third-order valence-electron chi connectivity index (χ3n) is 2.82. The first-order valence-corrected chi connectivity index (χ1v) is 7.61. The van der Waals surface area contributed by atoms with Crippen LogP contribution in [0.2, 0.25) is 5.02 Å². The number of benzene rings is 2. The van der Waals surface area contributed by atoms with E-state index in [1.165, 1.54) is 36.0 Å². The Hall–Kier alpha value is -2.12. The smallest absolute Gasteiger partial charge is 0.282 e. The molecule has 0 aliphatic rings. The zero-order valence-electron chi connectivity index (χ0n) is 11.3. The Morgan fingerprint density at radius 2 is 2.05 bits per heavy atom. The van der Waals surface area contributed by atoms with Gasteiger partial charge in [-0.15, -0.1) is 11.8 Å². The average molecular weight is 341 g/mol. The SMILES string of the molecule is CSc1ccc([N+](=O)[O-])c(C(=O)Nc2ccc(Cl)cc2F)c1. The molecule has 0 radical (unpaired) electrons. The van der Waals surface area contributed by atoms with Gasteiger partial charge in [-0.05, 0) is 36.6 Å². The molecule has 0 bridgehead atoms. The van der Waals surface area contributed by atoms with Gasteiger partial charge >= 0.3 is 0 Å². The minimum atomic E-state index is -0.760. The first-order valence-electron chi connectivity index (χ1n) is 6.01. The van der Waals surface area contributed by atoms with Crippen molar-refractivity contribution in [2.45, 2.75) is 4.90 Å². The summed E-state index contributed by atoms with van der Waals surface area (Å²) in [5.41, 5.74) is -0.575. The summed E-state index contributed by atoms with van der Waals surface area (Å²) < 4.78 is 13.7. The highest BCUT2D eigenvalue weighted by Crippen LogP contribution is 2.26. The Morgan fingerprint density at radius 3 is 2.64 bits per heavy atom. The molecule has 22 heavy (non-hydrogen) atoms. The summed E-state index contributed by atoms with van der Waals surface area (Å²) in [4.78, 5) is 23.3. The molecule has 2 rings (SSSR count). The molecule has 1 amide bonds. The molecule has 0 atom stereocenters. The molecule has 2 aromatic rings. The molecule has 1 N–H and O–H groups in total. The molecule has 0 saturated carbocycles. The maximum absolute atomic E-state index is 13.7. The Balaban J connectivity index is 2.38. The lowest BCUT2D eigenvalue weighted by Crippen LogP contribution is -2.15. The number of amides is 1. The lowest BCUT2D eigenvalue weighted by Gasteiger charge is -2.08. The van der Waals surface area contributed by atoms with Crippen LogP contribution >= 0.6 is 23.4 Å². The van der Waals surface area contributed by atoms with Crippen molar-refractivity contribution in [1.29, 1.82) is 0 Å². The largest absolute Gasteiger partial charge is 0.319 e. The van der Waals surface area contributed by atoms with E-state index in [1.54, 1.807) is 12.3 Å². The summed E-state index contributed by atoms with van der Waals surface area (Å²) in [6.45, 7) is 0. The molecule has 0 aliphatic carbocycles. The number of nitrogens with one attached hydrogen (secondary N) is 1. The minimum Gasteiger partial charge on any atom is -0.319 e. The van der Waals surface area contributed by atoms with Crippen LogP contribution in [0.15, 0.2) is 41.3 Å². The second-order valence-corrected chi connectivity index (χ2v) is 5.53. The van der Waals surface area contributed by atoms with Crippen LogP contribution in [0, 0.1) is 15.9 Å². The standard InChI is InChI=1S/C14H10ClFN2O3S/c1-22-9-3-5-13(18(20)21)10(7-9)14(19)17-12-4-2-8(15)6-11(12)16/h2-7H,1H3,(H,17,19). The number of thioether (sulfide) groups is 1. The number of nitro benzene ring substituents is 1. The number of carbonyl (C=O) groups is 1. The normalized spacial score (nSPS) is 10.3. The maximum Gasteiger partial charge on any atom is 0.282 e. The summed E-state index contributed by atoms with van der Waals surface area (Å²) >= 11 is 6.97. The third-order valence-corrected chi connectivity index (χ3v) is 3.78. The number of nitro groups is 1. The maximum atomic E-state index is 13.7. The van der Waals surface area contributed by atoms with Crippen molar-refractivity contribution in [2.75, 3.05) is 11.6 Å². The Morgan fingerprint density at radius 1 is 1.32 bits per heavy atom. The molecule has 0 spiro atoms. The van der Waals surface area contributed by atoms with Crippen molar-refractivity contribution < 1.29 is 14.1 Å². The van der Waals surface area contributed by atoms with E-state index in [9.17, 15) is 19.3 Å². The molecule has 2 aromatic carbocycles. The van der Waals surface area contributed by atoms with Crippen molar-refractivity contribution in [1.82, 2.24) is 0 Å². The van der Waals surface area contributed by atoms with E-state index in [4.69, 9.17) is 11.6 Å². The van der Waals surface area contributed by atoms with Crippen molar-refractivity contribution >= 4 is 40.6 Å². The Labute approximate surface area is 134 Å². The Bertz CT molecular complexity index is 755. The van der Waals surface area contributed by atoms with Gasteiger partial charge in [0.2, 0.25) is 0 Å². The van der Waals surface area contributed by atoms with Crippen LogP contribution in [-0.4, -0.2) is 17.1 Å². The van der Waals surface area contributed by atoms with Crippen molar-refractivity contribution in [3.05, 3.63) is 62.9 Å². The molecule has 0 heterocycles. The lowest BCUT2D eigenvalue weighted by molar-refractivity contribution is -0.385. The summed E-state index contributed by atoms with van der Waals surface area (Å²) in [5, 5.41) is 13.5. The quantitative estimate of drug-likeness (QED) is 0.510. The number of halogens is 2. The van der Waals surface area contributed by atoms with Crippen molar-refractivity contribution in [3.63, 3.8) is 0 Å². The molecule has 0 aliphatic heterocycles. The van der Waals surface area contributed by atoms with Gasteiger partial charge in [0.15, 0.2) is 0 Å². The summed E-state index contributed by atoms with van der Waals surface area (Å²) in [6, 6.07) is 7.93. The second kappa shape index (κ2) is 6.76. The zero-order valence-corrected chi connectivity index (χ0v) is 12.9. The topological polar surface area (TPSA) is 72.2 Å². The van der Waals surface area contributed by atoms with Gasteiger partial charge < -0.3 is 5.32 Å². The van der Waals surface area contributed by atoms with E-state index in [1.807, 2.05) is 0 Å². The van der Waals surface area contributed by atoms with Crippen LogP contribution in [0.4, 0.5) is 15.8 Å². The van der Waals surface area contributed by atoms with Crippen LogP contribution < -0.4 is 5.32 Å². The van der Waals surface area contributed by atoms with E-state index in [-0.39, 0.29) is 22.0 Å². The highest BCUT2D eigenvalue weighted by molar-refractivity contribution is 7.98. The van der Waals surface area contributed by atoms with Gasteiger partial charge in [0.25, 0.3) is 11.6 Å². The van der Waals surface area contributed by atoms with Gasteiger partial charge in [-0.3, -0.25) is 14.9 Å². The number of hydrogen-bond acceptors (Lipinski definition) is 4. The Kier molecular flexibility index (Phi) is 4.99. The average Bonchev–Trinajstić information content (AvgIpc) is 2.49. The number of nitrogens with zero attached hydrogens (tertiary/aromatic N) is 1. The molecular formula is C14H10ClFN2O3S. The van der Waals surface area contributed by atoms with Crippen LogP contribution in [0.5, 0.6) is 0 Å². The lowest BCUT2D eigenvalue weighted by atomic mass is 10.1.